The molecule has 0 bridgehead atoms. The predicted molar refractivity (Wildman–Crippen MR) is 72.6 cm³/mol. The summed E-state index contributed by atoms with van der Waals surface area (Å²) in [6.07, 6.45) is 0.555. The lowest BCUT2D eigenvalue weighted by molar-refractivity contribution is -0.0943. The summed E-state index contributed by atoms with van der Waals surface area (Å²) in [7, 11) is 0. The fourth-order valence-corrected chi connectivity index (χ4v) is 2.27. The van der Waals surface area contributed by atoms with Gasteiger partial charge in [-0.1, -0.05) is 13.0 Å². The fourth-order valence-electron chi connectivity index (χ4n) is 2.27. The van der Waals surface area contributed by atoms with E-state index in [9.17, 15) is 13.2 Å². The summed E-state index contributed by atoms with van der Waals surface area (Å²) >= 11 is 0. The molecule has 2 heterocycles. The monoisotopic (exact) mass is 285 g/mol. The molecule has 0 fully saturated rings. The average molecular weight is 285 g/mol. The van der Waals surface area contributed by atoms with Crippen molar-refractivity contribution in [2.75, 3.05) is 24.5 Å². The highest BCUT2D eigenvalue weighted by Crippen LogP contribution is 2.32. The van der Waals surface area contributed by atoms with Gasteiger partial charge in [0.05, 0.1) is 0 Å². The molecule has 0 aromatic carbocycles. The van der Waals surface area contributed by atoms with Crippen LogP contribution in [0.5, 0.6) is 0 Å². The van der Waals surface area contributed by atoms with Crippen molar-refractivity contribution < 1.29 is 13.2 Å². The zero-order chi connectivity index (χ0) is 14.6. The third-order valence-corrected chi connectivity index (χ3v) is 3.36. The SMILES string of the molecule is CCNCc1cnccc1N1CC=C(C(F)(F)F)CC1. The number of halogens is 3. The van der Waals surface area contributed by atoms with Crippen molar-refractivity contribution in [1.29, 1.82) is 0 Å². The first-order valence-electron chi connectivity index (χ1n) is 6.67. The lowest BCUT2D eigenvalue weighted by atomic mass is 10.1. The summed E-state index contributed by atoms with van der Waals surface area (Å²) in [5.41, 5.74) is 1.55. The first-order chi connectivity index (χ1) is 9.52. The van der Waals surface area contributed by atoms with E-state index in [1.807, 2.05) is 17.9 Å². The van der Waals surface area contributed by atoms with Crippen LogP contribution >= 0.6 is 0 Å². The van der Waals surface area contributed by atoms with Gasteiger partial charge < -0.3 is 10.2 Å². The van der Waals surface area contributed by atoms with E-state index in [0.717, 1.165) is 17.8 Å². The maximum atomic E-state index is 12.6. The number of pyridine rings is 1. The Kier molecular flexibility index (Phi) is 4.65. The van der Waals surface area contributed by atoms with Gasteiger partial charge in [0, 0.05) is 48.9 Å². The molecule has 1 aliphatic rings. The summed E-state index contributed by atoms with van der Waals surface area (Å²) in [6, 6.07) is 1.86. The molecule has 1 aromatic heterocycles. The summed E-state index contributed by atoms with van der Waals surface area (Å²) in [5.74, 6) is 0. The standard InChI is InChI=1S/C14H18F3N3/c1-2-18-9-11-10-19-6-3-13(11)20-7-4-12(5-8-20)14(15,16)17/h3-4,6,10,18H,2,5,7-9H2,1H3. The second kappa shape index (κ2) is 6.26. The minimum absolute atomic E-state index is 0.0342. The highest BCUT2D eigenvalue weighted by atomic mass is 19.4. The van der Waals surface area contributed by atoms with Crippen molar-refractivity contribution >= 4 is 5.69 Å². The minimum atomic E-state index is -4.20. The largest absolute Gasteiger partial charge is 0.412 e. The van der Waals surface area contributed by atoms with Crippen molar-refractivity contribution in [3.63, 3.8) is 0 Å². The topological polar surface area (TPSA) is 28.2 Å². The molecule has 110 valence electrons. The Bertz CT molecular complexity index is 483. The Balaban J connectivity index is 2.12. The van der Waals surface area contributed by atoms with E-state index < -0.39 is 11.7 Å². The van der Waals surface area contributed by atoms with Crippen molar-refractivity contribution in [3.05, 3.63) is 35.7 Å². The molecule has 3 nitrogen and oxygen atoms in total. The molecule has 0 spiro atoms. The number of alkyl halides is 3. The van der Waals surface area contributed by atoms with E-state index in [-0.39, 0.29) is 13.0 Å². The number of hydrogen-bond donors (Lipinski definition) is 1. The van der Waals surface area contributed by atoms with Gasteiger partial charge in [-0.2, -0.15) is 13.2 Å². The maximum absolute atomic E-state index is 12.6. The van der Waals surface area contributed by atoms with Gasteiger partial charge in [-0.15, -0.1) is 0 Å². The minimum Gasteiger partial charge on any atom is -0.367 e. The van der Waals surface area contributed by atoms with Gasteiger partial charge in [-0.3, -0.25) is 4.98 Å². The van der Waals surface area contributed by atoms with Gasteiger partial charge in [0.25, 0.3) is 0 Å². The van der Waals surface area contributed by atoms with Gasteiger partial charge in [-0.05, 0) is 19.0 Å². The Morgan fingerprint density at radius 2 is 2.20 bits per heavy atom. The van der Waals surface area contributed by atoms with Crippen LogP contribution in [0.4, 0.5) is 18.9 Å². The average Bonchev–Trinajstić information content (AvgIpc) is 2.45. The van der Waals surface area contributed by atoms with Crippen molar-refractivity contribution in [3.8, 4) is 0 Å². The van der Waals surface area contributed by atoms with Crippen LogP contribution in [-0.4, -0.2) is 30.8 Å². The van der Waals surface area contributed by atoms with E-state index in [1.54, 1.807) is 12.4 Å². The van der Waals surface area contributed by atoms with Crippen LogP contribution in [-0.2, 0) is 6.54 Å². The molecule has 1 N–H and O–H groups in total. The number of aromatic nitrogens is 1. The van der Waals surface area contributed by atoms with Gasteiger partial charge in [-0.25, -0.2) is 0 Å². The van der Waals surface area contributed by atoms with Gasteiger partial charge in [0.15, 0.2) is 0 Å². The number of nitrogens with one attached hydrogen (secondary N) is 1. The molecule has 6 heteroatoms. The van der Waals surface area contributed by atoms with Crippen molar-refractivity contribution in [1.82, 2.24) is 10.3 Å². The van der Waals surface area contributed by atoms with E-state index in [0.29, 0.717) is 13.1 Å². The molecule has 1 aromatic rings. The van der Waals surface area contributed by atoms with E-state index in [2.05, 4.69) is 10.3 Å². The zero-order valence-corrected chi connectivity index (χ0v) is 11.4. The summed E-state index contributed by atoms with van der Waals surface area (Å²) in [4.78, 5) is 6.05. The van der Waals surface area contributed by atoms with E-state index >= 15 is 0 Å². The fraction of sp³-hybridized carbons (Fsp3) is 0.500. The van der Waals surface area contributed by atoms with Gasteiger partial charge in [0.1, 0.15) is 0 Å². The Morgan fingerprint density at radius 3 is 2.80 bits per heavy atom. The molecule has 0 radical (unpaired) electrons. The van der Waals surface area contributed by atoms with Crippen LogP contribution in [0.3, 0.4) is 0 Å². The van der Waals surface area contributed by atoms with E-state index in [4.69, 9.17) is 0 Å². The molecule has 0 saturated heterocycles. The second-order valence-electron chi connectivity index (χ2n) is 4.71. The number of anilines is 1. The molecule has 0 aliphatic carbocycles. The Morgan fingerprint density at radius 1 is 1.40 bits per heavy atom. The lowest BCUT2D eigenvalue weighted by Gasteiger charge is -2.30. The smallest absolute Gasteiger partial charge is 0.367 e. The third kappa shape index (κ3) is 3.50. The first kappa shape index (κ1) is 14.8. The molecular weight excluding hydrogens is 267 g/mol. The van der Waals surface area contributed by atoms with Crippen LogP contribution in [0.1, 0.15) is 18.9 Å². The van der Waals surface area contributed by atoms with Gasteiger partial charge in [0.2, 0.25) is 0 Å². The first-order valence-corrected chi connectivity index (χ1v) is 6.67. The molecule has 20 heavy (non-hydrogen) atoms. The third-order valence-electron chi connectivity index (χ3n) is 3.36. The van der Waals surface area contributed by atoms with Crippen LogP contribution in [0.2, 0.25) is 0 Å². The quantitative estimate of drug-likeness (QED) is 0.862. The molecule has 0 unspecified atom stereocenters. The number of hydrogen-bond acceptors (Lipinski definition) is 3. The highest BCUT2D eigenvalue weighted by Gasteiger charge is 2.34. The van der Waals surface area contributed by atoms with Crippen LogP contribution in [0.25, 0.3) is 0 Å². The number of nitrogens with zero attached hydrogens (tertiary/aromatic N) is 2. The van der Waals surface area contributed by atoms with Crippen molar-refractivity contribution in [2.24, 2.45) is 0 Å². The summed E-state index contributed by atoms with van der Waals surface area (Å²) in [5, 5.41) is 3.21. The van der Waals surface area contributed by atoms with Crippen LogP contribution in [0, 0.1) is 0 Å². The predicted octanol–water partition coefficient (Wildman–Crippen LogP) is 2.89. The highest BCUT2D eigenvalue weighted by molar-refractivity contribution is 5.53. The second-order valence-corrected chi connectivity index (χ2v) is 4.71. The normalized spacial score (nSPS) is 16.2. The molecule has 0 atom stereocenters. The maximum Gasteiger partial charge on any atom is 0.412 e. The van der Waals surface area contributed by atoms with Crippen molar-refractivity contribution in [2.45, 2.75) is 26.1 Å². The van der Waals surface area contributed by atoms with E-state index in [1.165, 1.54) is 6.08 Å². The summed E-state index contributed by atoms with van der Waals surface area (Å²) in [6.45, 7) is 4.19. The Hall–Kier alpha value is -1.56. The summed E-state index contributed by atoms with van der Waals surface area (Å²) < 4.78 is 37.8. The molecule has 0 saturated carbocycles. The van der Waals surface area contributed by atoms with Crippen LogP contribution in [0.15, 0.2) is 30.1 Å². The number of rotatable bonds is 4. The molecule has 2 rings (SSSR count). The molecule has 1 aliphatic heterocycles. The lowest BCUT2D eigenvalue weighted by Crippen LogP contribution is -2.33. The van der Waals surface area contributed by atoms with Gasteiger partial charge >= 0.3 is 6.18 Å². The van der Waals surface area contributed by atoms with Crippen LogP contribution < -0.4 is 10.2 Å². The molecule has 0 amide bonds. The Labute approximate surface area is 116 Å². The molecular formula is C14H18F3N3. The zero-order valence-electron chi connectivity index (χ0n) is 11.4.